The molecule has 0 saturated carbocycles. The molecule has 0 fully saturated rings. The van der Waals surface area contributed by atoms with E-state index in [1.165, 1.54) is 0 Å². The van der Waals surface area contributed by atoms with Crippen LogP contribution in [0.5, 0.6) is 0 Å². The second-order valence-corrected chi connectivity index (χ2v) is 8.67. The molecule has 0 aliphatic carbocycles. The van der Waals surface area contributed by atoms with Crippen LogP contribution in [0.1, 0.15) is 22.9 Å². The van der Waals surface area contributed by atoms with Crippen LogP contribution in [0.2, 0.25) is 0 Å². The van der Waals surface area contributed by atoms with Crippen LogP contribution in [0.4, 0.5) is 0 Å². The van der Waals surface area contributed by atoms with E-state index in [0.717, 1.165) is 16.6 Å². The van der Waals surface area contributed by atoms with E-state index in [0.29, 0.717) is 24.2 Å². The van der Waals surface area contributed by atoms with Gasteiger partial charge in [-0.05, 0) is 41.8 Å². The van der Waals surface area contributed by atoms with Crippen LogP contribution >= 0.6 is 0 Å². The van der Waals surface area contributed by atoms with Gasteiger partial charge in [0, 0.05) is 6.54 Å². The van der Waals surface area contributed by atoms with Gasteiger partial charge in [0.25, 0.3) is 0 Å². The Balaban J connectivity index is 1.46. The lowest BCUT2D eigenvalue weighted by Gasteiger charge is -2.31. The van der Waals surface area contributed by atoms with E-state index < -0.39 is 6.04 Å². The summed E-state index contributed by atoms with van der Waals surface area (Å²) in [5.74, 6) is 0.123. The van der Waals surface area contributed by atoms with Gasteiger partial charge in [0.15, 0.2) is 0 Å². The Morgan fingerprint density at radius 3 is 2.38 bits per heavy atom. The second kappa shape index (κ2) is 11.3. The average Bonchev–Trinajstić information content (AvgIpc) is 3.61. The van der Waals surface area contributed by atoms with E-state index in [1.807, 2.05) is 84.9 Å². The Kier molecular flexibility index (Phi) is 7.36. The summed E-state index contributed by atoms with van der Waals surface area (Å²) in [4.78, 5) is 29.1. The minimum atomic E-state index is -0.831. The first kappa shape index (κ1) is 24.0. The van der Waals surface area contributed by atoms with E-state index in [4.69, 9.17) is 4.42 Å². The standard InChI is InChI=1S/C29H27N5O3/c35-27(21-34-26-16-8-7-15-25(26)31-32-34)33(18-17-22-10-3-1-4-11-22)28(23-12-5-2-6-13-23)29(36)30-20-24-14-9-19-37-24/h1-16,19,28H,17-18,20-21H2,(H,30,36)/t28-/m1/s1. The number of furan rings is 1. The number of nitrogens with zero attached hydrogens (tertiary/aromatic N) is 4. The van der Waals surface area contributed by atoms with Crippen molar-refractivity contribution in [3.63, 3.8) is 0 Å². The van der Waals surface area contributed by atoms with E-state index in [-0.39, 0.29) is 24.9 Å². The number of amides is 2. The van der Waals surface area contributed by atoms with Gasteiger partial charge in [-0.25, -0.2) is 4.68 Å². The number of hydrogen-bond acceptors (Lipinski definition) is 5. The molecule has 0 aliphatic rings. The molecule has 5 rings (SSSR count). The van der Waals surface area contributed by atoms with E-state index in [1.54, 1.807) is 28.0 Å². The first-order valence-corrected chi connectivity index (χ1v) is 12.2. The van der Waals surface area contributed by atoms with Gasteiger partial charge < -0.3 is 14.6 Å². The molecule has 8 heteroatoms. The van der Waals surface area contributed by atoms with Gasteiger partial charge in [0.05, 0.1) is 18.3 Å². The van der Waals surface area contributed by atoms with Crippen molar-refractivity contribution in [3.05, 3.63) is 120 Å². The van der Waals surface area contributed by atoms with Gasteiger partial charge in [-0.15, -0.1) is 5.10 Å². The van der Waals surface area contributed by atoms with Gasteiger partial charge in [0.2, 0.25) is 11.8 Å². The zero-order chi connectivity index (χ0) is 25.5. The number of para-hydroxylation sites is 1. The van der Waals surface area contributed by atoms with Gasteiger partial charge in [-0.3, -0.25) is 9.59 Å². The number of fused-ring (bicyclic) bond motifs is 1. The molecule has 2 aromatic heterocycles. The minimum absolute atomic E-state index is 0.0376. The van der Waals surface area contributed by atoms with E-state index >= 15 is 0 Å². The highest BCUT2D eigenvalue weighted by atomic mass is 16.3. The summed E-state index contributed by atoms with van der Waals surface area (Å²) in [7, 11) is 0. The van der Waals surface area contributed by atoms with Gasteiger partial charge in [-0.2, -0.15) is 0 Å². The summed E-state index contributed by atoms with van der Waals surface area (Å²) in [5, 5.41) is 11.3. The molecule has 2 amide bonds. The third-order valence-corrected chi connectivity index (χ3v) is 6.20. The van der Waals surface area contributed by atoms with E-state index in [9.17, 15) is 9.59 Å². The molecule has 37 heavy (non-hydrogen) atoms. The zero-order valence-corrected chi connectivity index (χ0v) is 20.2. The zero-order valence-electron chi connectivity index (χ0n) is 20.2. The van der Waals surface area contributed by atoms with E-state index in [2.05, 4.69) is 15.6 Å². The molecule has 5 aromatic rings. The molecule has 0 bridgehead atoms. The number of hydrogen-bond donors (Lipinski definition) is 1. The highest BCUT2D eigenvalue weighted by Gasteiger charge is 2.31. The lowest BCUT2D eigenvalue weighted by Crippen LogP contribution is -2.45. The lowest BCUT2D eigenvalue weighted by atomic mass is 10.0. The first-order chi connectivity index (χ1) is 18.2. The van der Waals surface area contributed by atoms with Crippen LogP contribution in [0.15, 0.2) is 108 Å². The molecular formula is C29H27N5O3. The normalized spacial score (nSPS) is 11.8. The molecule has 1 atom stereocenters. The second-order valence-electron chi connectivity index (χ2n) is 8.67. The van der Waals surface area contributed by atoms with Crippen LogP contribution < -0.4 is 5.32 Å². The SMILES string of the molecule is O=C(NCc1ccco1)[C@@H](c1ccccc1)N(CCc1ccccc1)C(=O)Cn1nnc2ccccc21. The van der Waals surface area contributed by atoms with Crippen molar-refractivity contribution in [2.45, 2.75) is 25.6 Å². The summed E-state index contributed by atoms with van der Waals surface area (Å²) in [6.07, 6.45) is 2.16. The highest BCUT2D eigenvalue weighted by Crippen LogP contribution is 2.23. The maximum atomic E-state index is 13.9. The fourth-order valence-electron chi connectivity index (χ4n) is 4.34. The third-order valence-electron chi connectivity index (χ3n) is 6.20. The molecule has 0 aliphatic heterocycles. The molecule has 0 spiro atoms. The first-order valence-electron chi connectivity index (χ1n) is 12.2. The van der Waals surface area contributed by atoms with Gasteiger partial charge in [0.1, 0.15) is 23.9 Å². The Morgan fingerprint density at radius 2 is 1.62 bits per heavy atom. The minimum Gasteiger partial charge on any atom is -0.467 e. The number of carbonyl (C=O) groups is 2. The number of carbonyl (C=O) groups excluding carboxylic acids is 2. The van der Waals surface area contributed by atoms with Crippen molar-refractivity contribution >= 4 is 22.8 Å². The summed E-state index contributed by atoms with van der Waals surface area (Å²) >= 11 is 0. The lowest BCUT2D eigenvalue weighted by molar-refractivity contribution is -0.141. The number of rotatable bonds is 10. The summed E-state index contributed by atoms with van der Waals surface area (Å²) < 4.78 is 6.96. The summed E-state index contributed by atoms with van der Waals surface area (Å²) in [5.41, 5.74) is 3.28. The molecule has 3 aromatic carbocycles. The van der Waals surface area contributed by atoms with Crippen molar-refractivity contribution in [3.8, 4) is 0 Å². The molecule has 8 nitrogen and oxygen atoms in total. The van der Waals surface area contributed by atoms with Crippen molar-refractivity contribution < 1.29 is 14.0 Å². The highest BCUT2D eigenvalue weighted by molar-refractivity contribution is 5.89. The Bertz CT molecular complexity index is 1450. The topological polar surface area (TPSA) is 93.3 Å². The van der Waals surface area contributed by atoms with Crippen molar-refractivity contribution in [2.75, 3.05) is 6.54 Å². The molecule has 0 radical (unpaired) electrons. The number of aromatic nitrogens is 3. The third kappa shape index (κ3) is 5.75. The summed E-state index contributed by atoms with van der Waals surface area (Å²) in [6, 6.07) is 29.5. The maximum Gasteiger partial charge on any atom is 0.247 e. The van der Waals surface area contributed by atoms with Crippen LogP contribution in [0.3, 0.4) is 0 Å². The molecule has 2 heterocycles. The molecule has 1 N–H and O–H groups in total. The monoisotopic (exact) mass is 493 g/mol. The van der Waals surface area contributed by atoms with Crippen LogP contribution in [-0.2, 0) is 29.1 Å². The Labute approximate surface area is 214 Å². The molecule has 0 saturated heterocycles. The summed E-state index contributed by atoms with van der Waals surface area (Å²) in [6.45, 7) is 0.539. The predicted molar refractivity (Wildman–Crippen MR) is 139 cm³/mol. The largest absolute Gasteiger partial charge is 0.467 e. The number of benzene rings is 3. The Morgan fingerprint density at radius 1 is 0.892 bits per heavy atom. The quantitative estimate of drug-likeness (QED) is 0.315. The molecule has 0 unspecified atom stereocenters. The fraction of sp³-hybridized carbons (Fsp3) is 0.172. The average molecular weight is 494 g/mol. The van der Waals surface area contributed by atoms with Crippen molar-refractivity contribution in [1.29, 1.82) is 0 Å². The van der Waals surface area contributed by atoms with Crippen LogP contribution in [0.25, 0.3) is 11.0 Å². The van der Waals surface area contributed by atoms with Crippen molar-refractivity contribution in [1.82, 2.24) is 25.2 Å². The number of nitrogens with one attached hydrogen (secondary N) is 1. The van der Waals surface area contributed by atoms with Gasteiger partial charge in [-0.1, -0.05) is 78.0 Å². The smallest absolute Gasteiger partial charge is 0.247 e. The maximum absolute atomic E-state index is 13.9. The molecule has 186 valence electrons. The van der Waals surface area contributed by atoms with Crippen molar-refractivity contribution in [2.24, 2.45) is 0 Å². The van der Waals surface area contributed by atoms with Crippen LogP contribution in [0, 0.1) is 0 Å². The molecular weight excluding hydrogens is 466 g/mol. The Hall–Kier alpha value is -4.72. The van der Waals surface area contributed by atoms with Gasteiger partial charge >= 0.3 is 0 Å². The predicted octanol–water partition coefficient (Wildman–Crippen LogP) is 4.15. The fourth-order valence-corrected chi connectivity index (χ4v) is 4.34. The van der Waals surface area contributed by atoms with Crippen LogP contribution in [-0.4, -0.2) is 38.3 Å².